The van der Waals surface area contributed by atoms with Crippen molar-refractivity contribution in [3.63, 3.8) is 0 Å². The molecule has 0 saturated heterocycles. The molecule has 1 aliphatic rings. The van der Waals surface area contributed by atoms with Gasteiger partial charge in [-0.1, -0.05) is 76.7 Å². The molecule has 2 N–H and O–H groups in total. The van der Waals surface area contributed by atoms with Crippen molar-refractivity contribution in [3.8, 4) is 17.2 Å². The molecule has 0 saturated carbocycles. The third-order valence-electron chi connectivity index (χ3n) is 4.74. The van der Waals surface area contributed by atoms with Gasteiger partial charge in [0.25, 0.3) is 0 Å². The predicted molar refractivity (Wildman–Crippen MR) is 108 cm³/mol. The molecule has 3 aromatic rings. The fraction of sp³-hybridized carbons (Fsp3) is 0.0500. The van der Waals surface area contributed by atoms with Crippen LogP contribution in [0.5, 0.6) is 17.2 Å². The number of fused-ring (bicyclic) bond motifs is 1. The number of carbonyl (C=O) groups is 1. The first kappa shape index (κ1) is 19.2. The first-order valence-electron chi connectivity index (χ1n) is 7.96. The molecule has 0 fully saturated rings. The first-order valence-corrected chi connectivity index (χ1v) is 9.48. The van der Waals surface area contributed by atoms with Gasteiger partial charge in [-0.3, -0.25) is 0 Å². The Hall–Kier alpha value is -2.11. The van der Waals surface area contributed by atoms with Crippen LogP contribution in [0.15, 0.2) is 48.5 Å². The molecule has 28 heavy (non-hydrogen) atoms. The SMILES string of the molecule is O=C1Oc2ccccc2C1(c1ccc(Cl)c(O)c1Cl)c1ccc(Cl)c(O)c1Cl. The molecule has 0 aromatic heterocycles. The van der Waals surface area contributed by atoms with Crippen LogP contribution in [0.4, 0.5) is 0 Å². The topological polar surface area (TPSA) is 66.8 Å². The number of para-hydroxylation sites is 1. The van der Waals surface area contributed by atoms with E-state index in [1.165, 1.54) is 24.3 Å². The maximum Gasteiger partial charge on any atom is 0.331 e. The van der Waals surface area contributed by atoms with Crippen molar-refractivity contribution < 1.29 is 19.7 Å². The summed E-state index contributed by atoms with van der Waals surface area (Å²) in [5, 5.41) is 20.4. The number of halogens is 4. The monoisotopic (exact) mass is 454 g/mol. The fourth-order valence-electron chi connectivity index (χ4n) is 3.47. The van der Waals surface area contributed by atoms with Gasteiger partial charge in [-0.15, -0.1) is 0 Å². The van der Waals surface area contributed by atoms with Gasteiger partial charge in [-0.05, 0) is 18.2 Å². The summed E-state index contributed by atoms with van der Waals surface area (Å²) in [6, 6.07) is 12.6. The predicted octanol–water partition coefficient (Wildman–Crippen LogP) is 5.96. The Kier molecular flexibility index (Phi) is 4.63. The van der Waals surface area contributed by atoms with E-state index in [9.17, 15) is 15.0 Å². The van der Waals surface area contributed by atoms with E-state index in [1.807, 2.05) is 0 Å². The molecule has 0 bridgehead atoms. The highest BCUT2D eigenvalue weighted by molar-refractivity contribution is 6.39. The van der Waals surface area contributed by atoms with Crippen LogP contribution < -0.4 is 4.74 Å². The van der Waals surface area contributed by atoms with E-state index < -0.39 is 11.4 Å². The van der Waals surface area contributed by atoms with E-state index in [0.717, 1.165) is 0 Å². The molecule has 0 spiro atoms. The zero-order valence-corrected chi connectivity index (χ0v) is 16.9. The lowest BCUT2D eigenvalue weighted by Gasteiger charge is -2.29. The van der Waals surface area contributed by atoms with Crippen molar-refractivity contribution in [2.75, 3.05) is 0 Å². The summed E-state index contributed by atoms with van der Waals surface area (Å²) in [6.45, 7) is 0. The summed E-state index contributed by atoms with van der Waals surface area (Å²) in [5.41, 5.74) is -0.786. The number of hydrogen-bond donors (Lipinski definition) is 2. The Morgan fingerprint density at radius 2 is 1.21 bits per heavy atom. The first-order chi connectivity index (χ1) is 13.3. The van der Waals surface area contributed by atoms with Crippen LogP contribution in [0.2, 0.25) is 20.1 Å². The van der Waals surface area contributed by atoms with Crippen LogP contribution >= 0.6 is 46.4 Å². The molecule has 0 radical (unpaired) electrons. The minimum Gasteiger partial charge on any atom is -0.505 e. The second-order valence-electron chi connectivity index (χ2n) is 6.15. The van der Waals surface area contributed by atoms with Gasteiger partial charge in [0.05, 0.1) is 20.1 Å². The van der Waals surface area contributed by atoms with Gasteiger partial charge >= 0.3 is 5.97 Å². The summed E-state index contributed by atoms with van der Waals surface area (Å²) in [6.07, 6.45) is 0. The van der Waals surface area contributed by atoms with Crippen LogP contribution in [-0.4, -0.2) is 16.2 Å². The molecular weight excluding hydrogens is 446 g/mol. The molecule has 8 heteroatoms. The average Bonchev–Trinajstić information content (AvgIpc) is 2.97. The van der Waals surface area contributed by atoms with Crippen molar-refractivity contribution >= 4 is 52.4 Å². The van der Waals surface area contributed by atoms with Crippen LogP contribution in [0.3, 0.4) is 0 Å². The van der Waals surface area contributed by atoms with Gasteiger partial charge in [-0.25, -0.2) is 4.79 Å². The highest BCUT2D eigenvalue weighted by Crippen LogP contribution is 2.55. The van der Waals surface area contributed by atoms with E-state index >= 15 is 0 Å². The van der Waals surface area contributed by atoms with Crippen molar-refractivity contribution in [1.82, 2.24) is 0 Å². The highest BCUT2D eigenvalue weighted by atomic mass is 35.5. The Morgan fingerprint density at radius 1 is 0.714 bits per heavy atom. The highest BCUT2D eigenvalue weighted by Gasteiger charge is 2.54. The number of aromatic hydroxyl groups is 2. The number of phenols is 2. The zero-order valence-electron chi connectivity index (χ0n) is 13.8. The van der Waals surface area contributed by atoms with Gasteiger partial charge in [-0.2, -0.15) is 0 Å². The van der Waals surface area contributed by atoms with E-state index in [-0.39, 0.29) is 42.7 Å². The van der Waals surface area contributed by atoms with Crippen LogP contribution in [0.1, 0.15) is 16.7 Å². The Bertz CT molecular complexity index is 1090. The van der Waals surface area contributed by atoms with Crippen LogP contribution in [0, 0.1) is 0 Å². The summed E-state index contributed by atoms with van der Waals surface area (Å²) >= 11 is 24.7. The third kappa shape index (κ3) is 2.49. The van der Waals surface area contributed by atoms with Crippen molar-refractivity contribution in [2.45, 2.75) is 5.41 Å². The van der Waals surface area contributed by atoms with E-state index in [2.05, 4.69) is 0 Å². The molecule has 142 valence electrons. The maximum absolute atomic E-state index is 13.3. The lowest BCUT2D eigenvalue weighted by molar-refractivity contribution is -0.135. The Balaban J connectivity index is 2.18. The second-order valence-corrected chi connectivity index (χ2v) is 7.72. The quantitative estimate of drug-likeness (QED) is 0.369. The third-order valence-corrected chi connectivity index (χ3v) is 6.12. The van der Waals surface area contributed by atoms with Gasteiger partial charge in [0.2, 0.25) is 0 Å². The van der Waals surface area contributed by atoms with Crippen molar-refractivity contribution in [1.29, 1.82) is 0 Å². The van der Waals surface area contributed by atoms with Gasteiger partial charge in [0, 0.05) is 16.7 Å². The van der Waals surface area contributed by atoms with Gasteiger partial charge < -0.3 is 14.9 Å². The number of hydrogen-bond acceptors (Lipinski definition) is 4. The Morgan fingerprint density at radius 3 is 1.75 bits per heavy atom. The molecule has 0 atom stereocenters. The minimum absolute atomic E-state index is 0.0219. The lowest BCUT2D eigenvalue weighted by atomic mass is 9.70. The summed E-state index contributed by atoms with van der Waals surface area (Å²) in [4.78, 5) is 13.3. The molecule has 0 unspecified atom stereocenters. The molecule has 0 aliphatic carbocycles. The smallest absolute Gasteiger partial charge is 0.331 e. The van der Waals surface area contributed by atoms with E-state index in [1.54, 1.807) is 24.3 Å². The van der Waals surface area contributed by atoms with Crippen LogP contribution in [0.25, 0.3) is 0 Å². The second kappa shape index (κ2) is 6.75. The summed E-state index contributed by atoms with van der Waals surface area (Å²) in [5.74, 6) is -1.15. The van der Waals surface area contributed by atoms with Gasteiger partial charge in [0.1, 0.15) is 11.2 Å². The maximum atomic E-state index is 13.3. The minimum atomic E-state index is -1.64. The largest absolute Gasteiger partial charge is 0.505 e. The fourth-order valence-corrected chi connectivity index (χ4v) is 4.49. The molecular formula is C20H10Cl4O4. The number of esters is 1. The van der Waals surface area contributed by atoms with E-state index in [0.29, 0.717) is 11.3 Å². The van der Waals surface area contributed by atoms with E-state index in [4.69, 9.17) is 51.1 Å². The molecule has 1 heterocycles. The summed E-state index contributed by atoms with van der Waals surface area (Å²) < 4.78 is 5.50. The number of carbonyl (C=O) groups excluding carboxylic acids is 1. The molecule has 0 amide bonds. The van der Waals surface area contributed by atoms with Crippen molar-refractivity contribution in [3.05, 3.63) is 85.3 Å². The van der Waals surface area contributed by atoms with Gasteiger partial charge in [0.15, 0.2) is 11.5 Å². The standard InChI is InChI=1S/C20H10Cl4O4/c21-12-7-5-10(15(23)17(12)25)20(11-6-8-13(22)18(26)16(11)24)9-3-1-2-4-14(9)28-19(20)27/h1-8,25-26H. The number of phenolic OH excluding ortho intramolecular Hbond substituents is 2. The molecule has 4 rings (SSSR count). The number of ether oxygens (including phenoxy) is 1. The average molecular weight is 456 g/mol. The zero-order chi connectivity index (χ0) is 20.2. The number of rotatable bonds is 2. The molecule has 4 nitrogen and oxygen atoms in total. The molecule has 1 aliphatic heterocycles. The molecule has 3 aromatic carbocycles. The normalized spacial score (nSPS) is 14.6. The Labute approximate surface area is 179 Å². The number of benzene rings is 3. The lowest BCUT2D eigenvalue weighted by Crippen LogP contribution is -2.37. The summed E-state index contributed by atoms with van der Waals surface area (Å²) in [7, 11) is 0. The van der Waals surface area contributed by atoms with Crippen molar-refractivity contribution in [2.24, 2.45) is 0 Å². The van der Waals surface area contributed by atoms with Crippen LogP contribution in [-0.2, 0) is 10.2 Å².